The summed E-state index contributed by atoms with van der Waals surface area (Å²) in [5, 5.41) is 3.90. The quantitative estimate of drug-likeness (QED) is 0.871. The molecule has 94 valence electrons. The average Bonchev–Trinajstić information content (AvgIpc) is 2.33. The summed E-state index contributed by atoms with van der Waals surface area (Å²) in [4.78, 5) is 0. The summed E-state index contributed by atoms with van der Waals surface area (Å²) in [6.07, 6.45) is 0. The van der Waals surface area contributed by atoms with Crippen molar-refractivity contribution >= 4 is 27.5 Å². The monoisotopic (exact) mass is 327 g/mol. The summed E-state index contributed by atoms with van der Waals surface area (Å²) in [5.74, 6) is -0.258. The molecule has 0 amide bonds. The van der Waals surface area contributed by atoms with E-state index in [1.54, 1.807) is 6.07 Å². The van der Waals surface area contributed by atoms with E-state index in [2.05, 4.69) is 21.2 Å². The molecule has 0 aliphatic heterocycles. The summed E-state index contributed by atoms with van der Waals surface area (Å²) in [7, 11) is 1.86. The van der Waals surface area contributed by atoms with Crippen LogP contribution >= 0.6 is 27.5 Å². The summed E-state index contributed by atoms with van der Waals surface area (Å²) >= 11 is 9.39. The highest BCUT2D eigenvalue weighted by Gasteiger charge is 2.15. The maximum atomic E-state index is 13.1. The second-order valence-electron chi connectivity index (χ2n) is 3.94. The lowest BCUT2D eigenvalue weighted by molar-refractivity contribution is 0.621. The molecule has 0 heterocycles. The number of nitrogens with one attached hydrogen (secondary N) is 1. The van der Waals surface area contributed by atoms with Gasteiger partial charge < -0.3 is 5.32 Å². The van der Waals surface area contributed by atoms with Crippen LogP contribution in [0.1, 0.15) is 17.2 Å². The van der Waals surface area contributed by atoms with Gasteiger partial charge in [-0.2, -0.15) is 0 Å². The molecule has 2 aromatic carbocycles. The Balaban J connectivity index is 2.45. The van der Waals surface area contributed by atoms with Gasteiger partial charge in [-0.3, -0.25) is 0 Å². The Morgan fingerprint density at radius 1 is 1.22 bits per heavy atom. The first kappa shape index (κ1) is 13.5. The summed E-state index contributed by atoms with van der Waals surface area (Å²) in [5.41, 5.74) is 2.01. The van der Waals surface area contributed by atoms with E-state index in [9.17, 15) is 4.39 Å². The molecule has 0 aromatic heterocycles. The van der Waals surface area contributed by atoms with Gasteiger partial charge in [0.2, 0.25) is 0 Å². The molecule has 1 unspecified atom stereocenters. The second kappa shape index (κ2) is 5.83. The molecule has 0 saturated carbocycles. The molecule has 4 heteroatoms. The van der Waals surface area contributed by atoms with Crippen LogP contribution in [0.3, 0.4) is 0 Å². The van der Waals surface area contributed by atoms with Crippen molar-refractivity contribution in [2.24, 2.45) is 0 Å². The van der Waals surface area contributed by atoms with Crippen LogP contribution in [-0.2, 0) is 0 Å². The second-order valence-corrected chi connectivity index (χ2v) is 5.23. The zero-order chi connectivity index (χ0) is 13.1. The van der Waals surface area contributed by atoms with E-state index >= 15 is 0 Å². The first-order valence-electron chi connectivity index (χ1n) is 5.49. The van der Waals surface area contributed by atoms with Crippen LogP contribution in [0.2, 0.25) is 5.02 Å². The lowest BCUT2D eigenvalue weighted by atomic mass is 9.99. The Bertz CT molecular complexity index is 559. The number of hydrogen-bond donors (Lipinski definition) is 1. The number of benzene rings is 2. The third-order valence-electron chi connectivity index (χ3n) is 2.74. The van der Waals surface area contributed by atoms with Gasteiger partial charge in [0.1, 0.15) is 5.82 Å². The van der Waals surface area contributed by atoms with E-state index in [1.165, 1.54) is 12.1 Å². The SMILES string of the molecule is CNC(c1cccc(Cl)c1)c1ccc(F)cc1Br. The topological polar surface area (TPSA) is 12.0 Å². The van der Waals surface area contributed by atoms with Gasteiger partial charge in [0, 0.05) is 9.50 Å². The zero-order valence-corrected chi connectivity index (χ0v) is 12.1. The molecule has 0 saturated heterocycles. The van der Waals surface area contributed by atoms with Gasteiger partial charge in [0.05, 0.1) is 6.04 Å². The Kier molecular flexibility index (Phi) is 4.38. The fourth-order valence-corrected chi connectivity index (χ4v) is 2.70. The van der Waals surface area contributed by atoms with Crippen molar-refractivity contribution in [3.63, 3.8) is 0 Å². The van der Waals surface area contributed by atoms with Crippen molar-refractivity contribution < 1.29 is 4.39 Å². The molecule has 0 bridgehead atoms. The third kappa shape index (κ3) is 2.91. The van der Waals surface area contributed by atoms with Gasteiger partial charge in [-0.05, 0) is 42.4 Å². The number of rotatable bonds is 3. The zero-order valence-electron chi connectivity index (χ0n) is 9.75. The van der Waals surface area contributed by atoms with Crippen molar-refractivity contribution in [1.29, 1.82) is 0 Å². The molecule has 2 rings (SSSR count). The fourth-order valence-electron chi connectivity index (χ4n) is 1.92. The van der Waals surface area contributed by atoms with Crippen molar-refractivity contribution in [2.45, 2.75) is 6.04 Å². The highest BCUT2D eigenvalue weighted by atomic mass is 79.9. The molecular formula is C14H12BrClFN. The van der Waals surface area contributed by atoms with Crippen LogP contribution in [0.25, 0.3) is 0 Å². The predicted molar refractivity (Wildman–Crippen MR) is 76.5 cm³/mol. The Morgan fingerprint density at radius 2 is 2.00 bits per heavy atom. The minimum Gasteiger partial charge on any atom is -0.309 e. The largest absolute Gasteiger partial charge is 0.309 e. The normalized spacial score (nSPS) is 12.4. The van der Waals surface area contributed by atoms with Crippen LogP contribution in [0.4, 0.5) is 4.39 Å². The van der Waals surface area contributed by atoms with Gasteiger partial charge in [0.25, 0.3) is 0 Å². The Morgan fingerprint density at radius 3 is 2.61 bits per heavy atom. The number of halogens is 3. The Labute approximate surface area is 119 Å². The molecular weight excluding hydrogens is 317 g/mol. The van der Waals surface area contributed by atoms with Crippen molar-refractivity contribution in [3.8, 4) is 0 Å². The Hall–Kier alpha value is -0.900. The molecule has 0 aliphatic rings. The van der Waals surface area contributed by atoms with Crippen molar-refractivity contribution in [2.75, 3.05) is 7.05 Å². The van der Waals surface area contributed by atoms with E-state index in [-0.39, 0.29) is 11.9 Å². The summed E-state index contributed by atoms with van der Waals surface area (Å²) in [6.45, 7) is 0. The molecule has 1 atom stereocenters. The van der Waals surface area contributed by atoms with Crippen molar-refractivity contribution in [3.05, 3.63) is 68.9 Å². The van der Waals surface area contributed by atoms with Gasteiger partial charge in [0.15, 0.2) is 0 Å². The molecule has 1 nitrogen and oxygen atoms in total. The molecule has 2 aromatic rings. The maximum absolute atomic E-state index is 13.1. The first-order chi connectivity index (χ1) is 8.61. The fraction of sp³-hybridized carbons (Fsp3) is 0.143. The molecule has 1 N–H and O–H groups in total. The smallest absolute Gasteiger partial charge is 0.124 e. The summed E-state index contributed by atoms with van der Waals surface area (Å²) in [6, 6.07) is 12.3. The van der Waals surface area contributed by atoms with E-state index in [1.807, 2.05) is 31.3 Å². The predicted octanol–water partition coefficient (Wildman–Crippen LogP) is 4.55. The summed E-state index contributed by atoms with van der Waals surface area (Å²) < 4.78 is 13.8. The lowest BCUT2D eigenvalue weighted by Crippen LogP contribution is -2.18. The molecule has 18 heavy (non-hydrogen) atoms. The van der Waals surface area contributed by atoms with Crippen LogP contribution in [-0.4, -0.2) is 7.05 Å². The minimum atomic E-state index is -0.258. The van der Waals surface area contributed by atoms with E-state index in [4.69, 9.17) is 11.6 Å². The van der Waals surface area contributed by atoms with Gasteiger partial charge in [-0.15, -0.1) is 0 Å². The van der Waals surface area contributed by atoms with Crippen molar-refractivity contribution in [1.82, 2.24) is 5.32 Å². The maximum Gasteiger partial charge on any atom is 0.124 e. The highest BCUT2D eigenvalue weighted by molar-refractivity contribution is 9.10. The molecule has 0 radical (unpaired) electrons. The van der Waals surface area contributed by atoms with Gasteiger partial charge >= 0.3 is 0 Å². The van der Waals surface area contributed by atoms with Crippen LogP contribution in [0.5, 0.6) is 0 Å². The molecule has 0 spiro atoms. The average molecular weight is 329 g/mol. The van der Waals surface area contributed by atoms with E-state index in [0.717, 1.165) is 15.6 Å². The van der Waals surface area contributed by atoms with E-state index < -0.39 is 0 Å². The first-order valence-corrected chi connectivity index (χ1v) is 6.66. The van der Waals surface area contributed by atoms with Gasteiger partial charge in [-0.25, -0.2) is 4.39 Å². The van der Waals surface area contributed by atoms with E-state index in [0.29, 0.717) is 5.02 Å². The standard InChI is InChI=1S/C14H12BrClFN/c1-18-14(9-3-2-4-10(16)7-9)12-6-5-11(17)8-13(12)15/h2-8,14,18H,1H3. The van der Waals surface area contributed by atoms with Crippen LogP contribution in [0, 0.1) is 5.82 Å². The van der Waals surface area contributed by atoms with Crippen LogP contribution in [0.15, 0.2) is 46.9 Å². The number of hydrogen-bond acceptors (Lipinski definition) is 1. The van der Waals surface area contributed by atoms with Crippen LogP contribution < -0.4 is 5.32 Å². The molecule has 0 aliphatic carbocycles. The highest BCUT2D eigenvalue weighted by Crippen LogP contribution is 2.30. The third-order valence-corrected chi connectivity index (χ3v) is 3.67. The lowest BCUT2D eigenvalue weighted by Gasteiger charge is -2.19. The van der Waals surface area contributed by atoms with Gasteiger partial charge in [-0.1, -0.05) is 45.7 Å². The molecule has 0 fully saturated rings. The minimum absolute atomic E-state index is 0.0290.